The van der Waals surface area contributed by atoms with E-state index in [1.54, 1.807) is 0 Å². The fourth-order valence-electron chi connectivity index (χ4n) is 4.62. The summed E-state index contributed by atoms with van der Waals surface area (Å²) in [6.45, 7) is 6.49. The Balaban J connectivity index is 1.36. The highest BCUT2D eigenvalue weighted by Crippen LogP contribution is 2.49. The Kier molecular flexibility index (Phi) is 6.82. The summed E-state index contributed by atoms with van der Waals surface area (Å²) in [6.07, 6.45) is 15.5. The van der Waals surface area contributed by atoms with Gasteiger partial charge < -0.3 is 4.90 Å². The molecule has 2 nitrogen and oxygen atoms in total. The summed E-state index contributed by atoms with van der Waals surface area (Å²) in [6, 6.07) is 24.1. The van der Waals surface area contributed by atoms with E-state index in [1.807, 2.05) is 11.8 Å². The smallest absolute Gasteiger partial charge is 0.213 e. The molecule has 1 aliphatic rings. The van der Waals surface area contributed by atoms with Crippen LogP contribution in [0.5, 0.6) is 0 Å². The van der Waals surface area contributed by atoms with Gasteiger partial charge in [-0.3, -0.25) is 0 Å². The Morgan fingerprint density at radius 2 is 1.68 bits per heavy atom. The molecular weight excluding hydrogens is 432 g/mol. The van der Waals surface area contributed by atoms with Gasteiger partial charge in [0.1, 0.15) is 6.54 Å². The first kappa shape index (κ1) is 22.5. The molecule has 0 fully saturated rings. The minimum Gasteiger partial charge on any atom is -0.335 e. The number of hydrogen-bond donors (Lipinski definition) is 0. The van der Waals surface area contributed by atoms with E-state index in [2.05, 4.69) is 127 Å². The van der Waals surface area contributed by atoms with Gasteiger partial charge in [-0.05, 0) is 41.5 Å². The van der Waals surface area contributed by atoms with Crippen molar-refractivity contribution in [3.8, 4) is 0 Å². The van der Waals surface area contributed by atoms with Gasteiger partial charge in [0, 0.05) is 30.0 Å². The number of fused-ring (bicyclic) bond motifs is 4. The zero-order valence-electron chi connectivity index (χ0n) is 19.9. The molecule has 2 heterocycles. The molecule has 0 saturated carbocycles. The van der Waals surface area contributed by atoms with Crippen molar-refractivity contribution in [3.05, 3.63) is 108 Å². The summed E-state index contributed by atoms with van der Waals surface area (Å²) in [5.41, 5.74) is 3.87. The fraction of sp³-hybridized carbons (Fsp3) is 0.194. The second-order valence-electron chi connectivity index (χ2n) is 8.57. The number of benzene rings is 3. The monoisotopic (exact) mass is 463 g/mol. The van der Waals surface area contributed by atoms with E-state index >= 15 is 0 Å². The summed E-state index contributed by atoms with van der Waals surface area (Å²) >= 11 is 1.87. The molecule has 0 aliphatic carbocycles. The quantitative estimate of drug-likeness (QED) is 0.202. The number of hydrogen-bond acceptors (Lipinski definition) is 2. The molecule has 0 unspecified atom stereocenters. The third-order valence-electron chi connectivity index (χ3n) is 6.39. The third-order valence-corrected chi connectivity index (χ3v) is 7.59. The van der Waals surface area contributed by atoms with Crippen LogP contribution in [0.4, 0.5) is 5.69 Å². The summed E-state index contributed by atoms with van der Waals surface area (Å²) in [4.78, 5) is 3.77. The number of thioether (sulfide) groups is 1. The zero-order chi connectivity index (χ0) is 23.3. The number of pyridine rings is 1. The van der Waals surface area contributed by atoms with Crippen molar-refractivity contribution in [1.29, 1.82) is 0 Å². The van der Waals surface area contributed by atoms with Crippen LogP contribution in [0.15, 0.2) is 107 Å². The maximum absolute atomic E-state index is 2.40. The Hall–Kier alpha value is -3.30. The maximum atomic E-state index is 2.40. The van der Waals surface area contributed by atoms with Crippen LogP contribution >= 0.6 is 11.8 Å². The standard InChI is InChI=1S/C31H31N2S/c1-3-5-22-32-23-21-25(26-15-11-12-17-28(26)32)13-7-6-8-18-30-33(4-2)29-20-19-24-14-9-10-16-27(24)31(29)34-30/h6-21,23H,3-5,22H2,1-2H3/q+1. The average molecular weight is 464 g/mol. The van der Waals surface area contributed by atoms with Gasteiger partial charge >= 0.3 is 0 Å². The van der Waals surface area contributed by atoms with Gasteiger partial charge in [0.2, 0.25) is 5.52 Å². The molecule has 4 aromatic rings. The molecule has 0 amide bonds. The van der Waals surface area contributed by atoms with Crippen LogP contribution in [-0.2, 0) is 6.54 Å². The topological polar surface area (TPSA) is 7.12 Å². The van der Waals surface area contributed by atoms with Gasteiger partial charge in [-0.25, -0.2) is 0 Å². The summed E-state index contributed by atoms with van der Waals surface area (Å²) in [5, 5.41) is 5.22. The van der Waals surface area contributed by atoms with Crippen LogP contribution in [0.25, 0.3) is 27.8 Å². The van der Waals surface area contributed by atoms with Gasteiger partial charge in [-0.2, -0.15) is 4.57 Å². The Morgan fingerprint density at radius 3 is 2.53 bits per heavy atom. The number of aromatic nitrogens is 1. The number of nitrogens with zero attached hydrogens (tertiary/aromatic N) is 2. The lowest BCUT2D eigenvalue weighted by atomic mass is 10.1. The normalized spacial score (nSPS) is 14.9. The Bertz CT molecular complexity index is 1410. The summed E-state index contributed by atoms with van der Waals surface area (Å²) < 4.78 is 2.37. The second kappa shape index (κ2) is 10.3. The Morgan fingerprint density at radius 1 is 0.853 bits per heavy atom. The first-order valence-electron chi connectivity index (χ1n) is 12.2. The highest BCUT2D eigenvalue weighted by atomic mass is 32.2. The van der Waals surface area contributed by atoms with E-state index in [0.29, 0.717) is 0 Å². The third kappa shape index (κ3) is 4.41. The van der Waals surface area contributed by atoms with Crippen molar-refractivity contribution >= 4 is 45.2 Å². The van der Waals surface area contributed by atoms with Crippen LogP contribution in [0.3, 0.4) is 0 Å². The number of aryl methyl sites for hydroxylation is 1. The maximum Gasteiger partial charge on any atom is 0.213 e. The van der Waals surface area contributed by atoms with E-state index in [4.69, 9.17) is 0 Å². The van der Waals surface area contributed by atoms with Crippen LogP contribution in [0, 0.1) is 0 Å². The fourth-order valence-corrected chi connectivity index (χ4v) is 5.89. The highest BCUT2D eigenvalue weighted by Gasteiger charge is 2.25. The predicted octanol–water partition coefficient (Wildman–Crippen LogP) is 8.12. The van der Waals surface area contributed by atoms with Crippen molar-refractivity contribution < 1.29 is 4.57 Å². The lowest BCUT2D eigenvalue weighted by Crippen LogP contribution is -2.34. The molecule has 1 aliphatic heterocycles. The molecule has 0 N–H and O–H groups in total. The first-order chi connectivity index (χ1) is 16.8. The second-order valence-corrected chi connectivity index (χ2v) is 9.60. The predicted molar refractivity (Wildman–Crippen MR) is 148 cm³/mol. The minimum absolute atomic E-state index is 0.960. The lowest BCUT2D eigenvalue weighted by Gasteiger charge is -2.17. The molecule has 5 rings (SSSR count). The zero-order valence-corrected chi connectivity index (χ0v) is 20.8. The van der Waals surface area contributed by atoms with Crippen LogP contribution in [-0.4, -0.2) is 6.54 Å². The molecule has 0 radical (unpaired) electrons. The molecular formula is C31H31N2S+. The van der Waals surface area contributed by atoms with Crippen molar-refractivity contribution in [1.82, 2.24) is 0 Å². The van der Waals surface area contributed by atoms with E-state index in [-0.39, 0.29) is 0 Å². The minimum atomic E-state index is 0.960. The van der Waals surface area contributed by atoms with Gasteiger partial charge in [0.05, 0.1) is 16.1 Å². The molecule has 3 aromatic carbocycles. The van der Waals surface area contributed by atoms with E-state index in [1.165, 1.54) is 55.7 Å². The van der Waals surface area contributed by atoms with E-state index in [9.17, 15) is 0 Å². The van der Waals surface area contributed by atoms with Crippen molar-refractivity contribution in [2.45, 2.75) is 38.1 Å². The number of rotatable bonds is 7. The average Bonchev–Trinajstić information content (AvgIpc) is 3.25. The van der Waals surface area contributed by atoms with Crippen LogP contribution in [0.2, 0.25) is 0 Å². The van der Waals surface area contributed by atoms with Gasteiger partial charge in [-0.15, -0.1) is 0 Å². The molecule has 0 atom stereocenters. The van der Waals surface area contributed by atoms with Crippen LogP contribution in [0.1, 0.15) is 32.3 Å². The van der Waals surface area contributed by atoms with Crippen molar-refractivity contribution in [2.24, 2.45) is 0 Å². The van der Waals surface area contributed by atoms with Crippen molar-refractivity contribution in [2.75, 3.05) is 11.4 Å². The molecule has 3 heteroatoms. The molecule has 34 heavy (non-hydrogen) atoms. The largest absolute Gasteiger partial charge is 0.335 e. The molecule has 1 aromatic heterocycles. The Labute approximate surface area is 206 Å². The van der Waals surface area contributed by atoms with Crippen molar-refractivity contribution in [3.63, 3.8) is 0 Å². The molecule has 0 spiro atoms. The molecule has 0 bridgehead atoms. The molecule has 170 valence electrons. The molecule has 0 saturated heterocycles. The summed E-state index contributed by atoms with van der Waals surface area (Å²) in [5.74, 6) is 0. The first-order valence-corrected chi connectivity index (χ1v) is 13.0. The summed E-state index contributed by atoms with van der Waals surface area (Å²) in [7, 11) is 0. The van der Waals surface area contributed by atoms with E-state index in [0.717, 1.165) is 13.1 Å². The van der Waals surface area contributed by atoms with Gasteiger partial charge in [0.25, 0.3) is 0 Å². The number of anilines is 1. The van der Waals surface area contributed by atoms with Gasteiger partial charge in [0.15, 0.2) is 6.20 Å². The number of unbranched alkanes of at least 4 members (excludes halogenated alkanes) is 1. The highest BCUT2D eigenvalue weighted by molar-refractivity contribution is 8.04. The van der Waals surface area contributed by atoms with Gasteiger partial charge in [-0.1, -0.05) is 91.9 Å². The number of para-hydroxylation sites is 1. The van der Waals surface area contributed by atoms with E-state index < -0.39 is 0 Å². The SMILES string of the molecule is CCCC[n+]1ccc(C=CC=CC=C2Sc3c(ccc4ccccc34)N2CC)c2ccccc21. The lowest BCUT2D eigenvalue weighted by molar-refractivity contribution is -0.671. The number of allylic oxidation sites excluding steroid dienone is 4. The van der Waals surface area contributed by atoms with Crippen LogP contribution < -0.4 is 9.47 Å².